The van der Waals surface area contributed by atoms with Crippen molar-refractivity contribution in [1.29, 1.82) is 0 Å². The molecule has 0 aromatic carbocycles. The van der Waals surface area contributed by atoms with Crippen LogP contribution in [0.3, 0.4) is 0 Å². The van der Waals surface area contributed by atoms with Crippen molar-refractivity contribution in [1.82, 2.24) is 0 Å². The van der Waals surface area contributed by atoms with Crippen molar-refractivity contribution in [3.8, 4) is 0 Å². The van der Waals surface area contributed by atoms with E-state index in [0.717, 1.165) is 31.6 Å². The van der Waals surface area contributed by atoms with Crippen LogP contribution in [0.4, 0.5) is 0 Å². The predicted molar refractivity (Wildman–Crippen MR) is 39.7 cm³/mol. The van der Waals surface area contributed by atoms with Gasteiger partial charge in [-0.2, -0.15) is 0 Å². The van der Waals surface area contributed by atoms with Crippen molar-refractivity contribution in [3.05, 3.63) is 0 Å². The van der Waals surface area contributed by atoms with Crippen molar-refractivity contribution >= 4 is 5.71 Å². The smallest absolute Gasteiger partial charge is 0.0825 e. The molecule has 58 valence electrons. The maximum absolute atomic E-state index is 8.43. The molecule has 1 heterocycles. The van der Waals surface area contributed by atoms with Crippen LogP contribution in [0.25, 0.3) is 0 Å². The highest BCUT2D eigenvalue weighted by molar-refractivity contribution is 5.84. The Bertz CT molecular complexity index is 124. The molecule has 1 saturated heterocycles. The van der Waals surface area contributed by atoms with Gasteiger partial charge < -0.3 is 10.1 Å². The zero-order chi connectivity index (χ0) is 7.40. The molecule has 0 unspecified atom stereocenters. The molecule has 2 N–H and O–H groups in total. The van der Waals surface area contributed by atoms with Crippen LogP contribution >= 0.6 is 0 Å². The minimum absolute atomic E-state index is 0.970. The maximum Gasteiger partial charge on any atom is 0.0825 e. The molecular weight excluding hydrogens is 128 g/mol. The summed E-state index contributed by atoms with van der Waals surface area (Å²) in [4.78, 5) is 1.62. The maximum atomic E-state index is 8.43. The van der Waals surface area contributed by atoms with Crippen LogP contribution in [0.15, 0.2) is 5.16 Å². The van der Waals surface area contributed by atoms with Gasteiger partial charge in [0.05, 0.1) is 25.3 Å². The van der Waals surface area contributed by atoms with Crippen LogP contribution in [0.2, 0.25) is 0 Å². The zero-order valence-electron chi connectivity index (χ0n) is 6.43. The molecule has 0 atom stereocenters. The lowest BCUT2D eigenvalue weighted by molar-refractivity contribution is -0.899. The molecule has 3 nitrogen and oxygen atoms in total. The van der Waals surface area contributed by atoms with Gasteiger partial charge >= 0.3 is 0 Å². The Morgan fingerprint density at radius 1 is 1.50 bits per heavy atom. The molecular formula is C7H15N2O+. The average molecular weight is 143 g/mol. The van der Waals surface area contributed by atoms with Crippen LogP contribution in [0.1, 0.15) is 19.8 Å². The Hall–Kier alpha value is -0.570. The first-order valence-corrected chi connectivity index (χ1v) is 3.90. The van der Waals surface area contributed by atoms with Crippen LogP contribution in [0.5, 0.6) is 0 Å². The first kappa shape index (κ1) is 7.54. The molecule has 0 saturated carbocycles. The molecule has 1 fully saturated rings. The quantitative estimate of drug-likeness (QED) is 0.377. The van der Waals surface area contributed by atoms with Gasteiger partial charge in [0.2, 0.25) is 0 Å². The average Bonchev–Trinajstić information content (AvgIpc) is 2.05. The van der Waals surface area contributed by atoms with E-state index in [1.54, 1.807) is 4.90 Å². The molecule has 1 rings (SSSR count). The number of nitrogens with one attached hydrogen (secondary N) is 1. The van der Waals surface area contributed by atoms with Gasteiger partial charge in [0.25, 0.3) is 0 Å². The first-order valence-electron chi connectivity index (χ1n) is 3.90. The Morgan fingerprint density at radius 3 is 2.50 bits per heavy atom. The van der Waals surface area contributed by atoms with Crippen LogP contribution in [-0.2, 0) is 0 Å². The monoisotopic (exact) mass is 143 g/mol. The van der Waals surface area contributed by atoms with Crippen LogP contribution in [-0.4, -0.2) is 30.6 Å². The summed E-state index contributed by atoms with van der Waals surface area (Å²) in [5.74, 6) is 0. The zero-order valence-corrected chi connectivity index (χ0v) is 6.43. The van der Waals surface area contributed by atoms with Crippen molar-refractivity contribution in [2.45, 2.75) is 19.8 Å². The van der Waals surface area contributed by atoms with Gasteiger partial charge in [-0.15, -0.1) is 0 Å². The molecule has 0 aliphatic carbocycles. The van der Waals surface area contributed by atoms with E-state index in [4.69, 9.17) is 5.21 Å². The second-order valence-electron chi connectivity index (χ2n) is 2.77. The van der Waals surface area contributed by atoms with Gasteiger partial charge in [-0.3, -0.25) is 0 Å². The Kier molecular flexibility index (Phi) is 2.68. The summed E-state index contributed by atoms with van der Waals surface area (Å²) >= 11 is 0. The van der Waals surface area contributed by atoms with Crippen molar-refractivity contribution < 1.29 is 10.1 Å². The van der Waals surface area contributed by atoms with E-state index >= 15 is 0 Å². The molecule has 0 spiro atoms. The van der Waals surface area contributed by atoms with E-state index in [0.29, 0.717) is 0 Å². The summed E-state index contributed by atoms with van der Waals surface area (Å²) in [5, 5.41) is 11.6. The number of hydrogen-bond donors (Lipinski definition) is 2. The fourth-order valence-corrected chi connectivity index (χ4v) is 1.35. The van der Waals surface area contributed by atoms with Crippen molar-refractivity contribution in [3.63, 3.8) is 0 Å². The highest BCUT2D eigenvalue weighted by Crippen LogP contribution is 1.92. The first-order chi connectivity index (χ1) is 4.86. The normalized spacial score (nSPS) is 26.5. The van der Waals surface area contributed by atoms with Gasteiger partial charge in [0.15, 0.2) is 0 Å². The number of quaternary nitrogens is 1. The standard InChI is InChI=1S/C7H14N2O/c1-2-9-5-3-7(8-10)4-6-9/h10H,2-6H2,1H3/p+1. The van der Waals surface area contributed by atoms with Crippen molar-refractivity contribution in [2.24, 2.45) is 5.16 Å². The number of rotatable bonds is 1. The lowest BCUT2D eigenvalue weighted by Crippen LogP contribution is -3.12. The molecule has 0 aromatic rings. The lowest BCUT2D eigenvalue weighted by atomic mass is 10.1. The predicted octanol–water partition coefficient (Wildman–Crippen LogP) is -0.485. The molecule has 1 aliphatic rings. The number of piperidine rings is 1. The third-order valence-electron chi connectivity index (χ3n) is 2.18. The van der Waals surface area contributed by atoms with Crippen molar-refractivity contribution in [2.75, 3.05) is 19.6 Å². The van der Waals surface area contributed by atoms with Gasteiger partial charge in [0.1, 0.15) is 0 Å². The summed E-state index contributed by atoms with van der Waals surface area (Å²) in [5.41, 5.74) is 0.970. The van der Waals surface area contributed by atoms with Gasteiger partial charge in [-0.25, -0.2) is 0 Å². The second kappa shape index (κ2) is 3.56. The number of likely N-dealkylation sites (tertiary alicyclic amines) is 1. The topological polar surface area (TPSA) is 37.0 Å². The Labute approximate surface area is 61.3 Å². The highest BCUT2D eigenvalue weighted by Gasteiger charge is 2.15. The largest absolute Gasteiger partial charge is 0.411 e. The minimum Gasteiger partial charge on any atom is -0.411 e. The molecule has 10 heavy (non-hydrogen) atoms. The summed E-state index contributed by atoms with van der Waals surface area (Å²) in [7, 11) is 0. The molecule has 3 heteroatoms. The SMILES string of the molecule is CC[NH+]1CCC(=NO)CC1. The van der Waals surface area contributed by atoms with Crippen LogP contribution < -0.4 is 4.90 Å². The van der Waals surface area contributed by atoms with Gasteiger partial charge in [0, 0.05) is 12.8 Å². The van der Waals surface area contributed by atoms with Gasteiger partial charge in [-0.05, 0) is 6.92 Å². The Morgan fingerprint density at radius 2 is 2.10 bits per heavy atom. The number of hydrogen-bond acceptors (Lipinski definition) is 2. The molecule has 1 aliphatic heterocycles. The fourth-order valence-electron chi connectivity index (χ4n) is 1.35. The molecule has 0 bridgehead atoms. The molecule has 0 amide bonds. The minimum atomic E-state index is 0.970. The van der Waals surface area contributed by atoms with E-state index in [1.165, 1.54) is 6.54 Å². The Balaban J connectivity index is 2.31. The van der Waals surface area contributed by atoms with E-state index in [2.05, 4.69) is 12.1 Å². The van der Waals surface area contributed by atoms with E-state index in [9.17, 15) is 0 Å². The van der Waals surface area contributed by atoms with E-state index in [1.807, 2.05) is 0 Å². The third kappa shape index (κ3) is 1.70. The summed E-state index contributed by atoms with van der Waals surface area (Å²) in [6.45, 7) is 5.65. The van der Waals surface area contributed by atoms with Crippen LogP contribution in [0, 0.1) is 0 Å². The third-order valence-corrected chi connectivity index (χ3v) is 2.18. The van der Waals surface area contributed by atoms with E-state index in [-0.39, 0.29) is 0 Å². The molecule has 0 aromatic heterocycles. The molecule has 0 radical (unpaired) electrons. The summed E-state index contributed by atoms with van der Waals surface area (Å²) in [6.07, 6.45) is 1.94. The summed E-state index contributed by atoms with van der Waals surface area (Å²) in [6, 6.07) is 0. The summed E-state index contributed by atoms with van der Waals surface area (Å²) < 4.78 is 0. The second-order valence-corrected chi connectivity index (χ2v) is 2.77. The highest BCUT2D eigenvalue weighted by atomic mass is 16.4. The lowest BCUT2D eigenvalue weighted by Gasteiger charge is -2.22. The fraction of sp³-hybridized carbons (Fsp3) is 0.857. The van der Waals surface area contributed by atoms with Gasteiger partial charge in [-0.1, -0.05) is 5.16 Å². The number of nitrogens with zero attached hydrogens (tertiary/aromatic N) is 1. The number of oxime groups is 1. The van der Waals surface area contributed by atoms with E-state index < -0.39 is 0 Å².